The van der Waals surface area contributed by atoms with Crippen LogP contribution in [0.15, 0.2) is 24.3 Å². The number of hydrogen-bond donors (Lipinski definition) is 1. The first-order chi connectivity index (χ1) is 8.02. The minimum atomic E-state index is -0.362. The lowest BCUT2D eigenvalue weighted by Gasteiger charge is -2.14. The van der Waals surface area contributed by atoms with Crippen molar-refractivity contribution in [1.82, 2.24) is 4.90 Å². The summed E-state index contributed by atoms with van der Waals surface area (Å²) in [4.78, 5) is 23.7. The second kappa shape index (κ2) is 6.00. The van der Waals surface area contributed by atoms with Crippen LogP contribution >= 0.6 is 0 Å². The Hall–Kier alpha value is -1.88. The van der Waals surface area contributed by atoms with E-state index < -0.39 is 0 Å². The molecule has 0 aliphatic rings. The molecule has 2 N–H and O–H groups in total. The Kier molecular flexibility index (Phi) is 4.66. The van der Waals surface area contributed by atoms with Gasteiger partial charge in [-0.1, -0.05) is 12.1 Å². The third-order valence-corrected chi connectivity index (χ3v) is 2.25. The number of nitrogens with zero attached hydrogens (tertiary/aromatic N) is 1. The summed E-state index contributed by atoms with van der Waals surface area (Å²) in [5, 5.41) is 0. The number of amides is 1. The number of esters is 1. The van der Waals surface area contributed by atoms with E-state index in [4.69, 9.17) is 5.73 Å². The van der Waals surface area contributed by atoms with Gasteiger partial charge in [-0.15, -0.1) is 0 Å². The number of methoxy groups -OCH3 is 1. The normalized spacial score (nSPS) is 10.3. The Morgan fingerprint density at radius 1 is 1.29 bits per heavy atom. The fourth-order valence-corrected chi connectivity index (χ4v) is 1.50. The summed E-state index contributed by atoms with van der Waals surface area (Å²) < 4.78 is 4.60. The largest absolute Gasteiger partial charge is 0.465 e. The van der Waals surface area contributed by atoms with Gasteiger partial charge in [0.25, 0.3) is 0 Å². The van der Waals surface area contributed by atoms with Crippen LogP contribution in [0.2, 0.25) is 0 Å². The molecular weight excluding hydrogens is 220 g/mol. The van der Waals surface area contributed by atoms with Gasteiger partial charge in [-0.25, -0.2) is 4.79 Å². The van der Waals surface area contributed by atoms with Crippen molar-refractivity contribution in [3.8, 4) is 0 Å². The van der Waals surface area contributed by atoms with Crippen molar-refractivity contribution in [2.75, 3.05) is 20.7 Å². The summed E-state index contributed by atoms with van der Waals surface area (Å²) in [6, 6.07) is 7.03. The summed E-state index contributed by atoms with van der Waals surface area (Å²) in [5.41, 5.74) is 6.60. The molecule has 0 saturated carbocycles. The van der Waals surface area contributed by atoms with Crippen LogP contribution in [0, 0.1) is 0 Å². The van der Waals surface area contributed by atoms with Crippen molar-refractivity contribution in [3.05, 3.63) is 35.4 Å². The third-order valence-electron chi connectivity index (χ3n) is 2.25. The van der Waals surface area contributed by atoms with Gasteiger partial charge >= 0.3 is 5.97 Å². The summed E-state index contributed by atoms with van der Waals surface area (Å²) in [6.07, 6.45) is 0. The Bertz CT molecular complexity index is 401. The van der Waals surface area contributed by atoms with Gasteiger partial charge in [0.1, 0.15) is 0 Å². The predicted molar refractivity (Wildman–Crippen MR) is 63.3 cm³/mol. The van der Waals surface area contributed by atoms with Crippen LogP contribution < -0.4 is 5.73 Å². The number of ether oxygens (including phenoxy) is 1. The van der Waals surface area contributed by atoms with Crippen LogP contribution in [-0.4, -0.2) is 37.5 Å². The van der Waals surface area contributed by atoms with Crippen molar-refractivity contribution in [3.63, 3.8) is 0 Å². The second-order valence-corrected chi connectivity index (χ2v) is 3.83. The van der Waals surface area contributed by atoms with Crippen molar-refractivity contribution in [2.45, 2.75) is 6.54 Å². The molecule has 17 heavy (non-hydrogen) atoms. The molecule has 0 spiro atoms. The van der Waals surface area contributed by atoms with Crippen LogP contribution in [0.3, 0.4) is 0 Å². The van der Waals surface area contributed by atoms with Crippen molar-refractivity contribution < 1.29 is 14.3 Å². The fourth-order valence-electron chi connectivity index (χ4n) is 1.50. The molecule has 0 fully saturated rings. The van der Waals surface area contributed by atoms with E-state index in [-0.39, 0.29) is 18.4 Å². The van der Waals surface area contributed by atoms with E-state index in [2.05, 4.69) is 4.74 Å². The Labute approximate surface area is 100 Å². The monoisotopic (exact) mass is 236 g/mol. The molecule has 0 aliphatic carbocycles. The molecule has 1 aromatic rings. The maximum atomic E-state index is 11.2. The predicted octanol–water partition coefficient (Wildman–Crippen LogP) is 0.390. The molecule has 0 radical (unpaired) electrons. The van der Waals surface area contributed by atoms with E-state index in [0.29, 0.717) is 12.1 Å². The van der Waals surface area contributed by atoms with Gasteiger partial charge in [-0.3, -0.25) is 9.69 Å². The number of hydrogen-bond acceptors (Lipinski definition) is 4. The maximum absolute atomic E-state index is 11.2. The molecule has 1 rings (SSSR count). The van der Waals surface area contributed by atoms with Crippen molar-refractivity contribution in [2.24, 2.45) is 5.73 Å². The molecule has 0 heterocycles. The first-order valence-electron chi connectivity index (χ1n) is 5.17. The second-order valence-electron chi connectivity index (χ2n) is 3.83. The first kappa shape index (κ1) is 13.2. The van der Waals surface area contributed by atoms with Gasteiger partial charge in [0.05, 0.1) is 19.2 Å². The molecular formula is C12H16N2O3. The maximum Gasteiger partial charge on any atom is 0.337 e. The van der Waals surface area contributed by atoms with Gasteiger partial charge in [0.15, 0.2) is 0 Å². The van der Waals surface area contributed by atoms with Gasteiger partial charge < -0.3 is 10.5 Å². The Balaban J connectivity index is 2.62. The number of benzene rings is 1. The highest BCUT2D eigenvalue weighted by Crippen LogP contribution is 2.07. The zero-order chi connectivity index (χ0) is 12.8. The van der Waals surface area contributed by atoms with E-state index in [1.165, 1.54) is 7.11 Å². The number of rotatable bonds is 5. The molecule has 0 saturated heterocycles. The topological polar surface area (TPSA) is 72.6 Å². The van der Waals surface area contributed by atoms with Crippen LogP contribution in [0.25, 0.3) is 0 Å². The molecule has 92 valence electrons. The third kappa shape index (κ3) is 4.24. The van der Waals surface area contributed by atoms with Crippen LogP contribution in [-0.2, 0) is 16.1 Å². The number of carbonyl (C=O) groups is 2. The SMILES string of the molecule is COC(=O)c1ccc(CN(C)CC(N)=O)cc1. The van der Waals surface area contributed by atoms with Crippen LogP contribution in [0.1, 0.15) is 15.9 Å². The summed E-state index contributed by atoms with van der Waals surface area (Å²) in [6.45, 7) is 0.809. The van der Waals surface area contributed by atoms with E-state index >= 15 is 0 Å². The lowest BCUT2D eigenvalue weighted by molar-refractivity contribution is -0.118. The van der Waals surface area contributed by atoms with Crippen LogP contribution in [0.5, 0.6) is 0 Å². The molecule has 0 bridgehead atoms. The fraction of sp³-hybridized carbons (Fsp3) is 0.333. The average molecular weight is 236 g/mol. The van der Waals surface area contributed by atoms with Gasteiger partial charge in [0.2, 0.25) is 5.91 Å². The minimum Gasteiger partial charge on any atom is -0.465 e. The molecule has 1 amide bonds. The molecule has 1 aromatic carbocycles. The molecule has 0 atom stereocenters. The molecule has 0 unspecified atom stereocenters. The lowest BCUT2D eigenvalue weighted by Crippen LogP contribution is -2.30. The number of likely N-dealkylation sites (N-methyl/N-ethyl adjacent to an activating group) is 1. The molecule has 5 nitrogen and oxygen atoms in total. The van der Waals surface area contributed by atoms with E-state index in [1.807, 2.05) is 12.1 Å². The van der Waals surface area contributed by atoms with E-state index in [9.17, 15) is 9.59 Å². The average Bonchev–Trinajstić information content (AvgIpc) is 2.28. The first-order valence-corrected chi connectivity index (χ1v) is 5.17. The van der Waals surface area contributed by atoms with Crippen molar-refractivity contribution >= 4 is 11.9 Å². The number of primary amides is 1. The quantitative estimate of drug-likeness (QED) is 0.751. The highest BCUT2D eigenvalue weighted by atomic mass is 16.5. The van der Waals surface area contributed by atoms with E-state index in [1.54, 1.807) is 24.1 Å². The Morgan fingerprint density at radius 3 is 2.35 bits per heavy atom. The molecule has 0 aliphatic heterocycles. The molecule has 0 aromatic heterocycles. The number of nitrogens with two attached hydrogens (primary N) is 1. The van der Waals surface area contributed by atoms with Gasteiger partial charge in [0, 0.05) is 6.54 Å². The summed E-state index contributed by atoms with van der Waals surface area (Å²) in [7, 11) is 3.15. The van der Waals surface area contributed by atoms with Gasteiger partial charge in [-0.05, 0) is 24.7 Å². The highest BCUT2D eigenvalue weighted by molar-refractivity contribution is 5.89. The van der Waals surface area contributed by atoms with Crippen LogP contribution in [0.4, 0.5) is 0 Å². The summed E-state index contributed by atoms with van der Waals surface area (Å²) in [5.74, 6) is -0.722. The van der Waals surface area contributed by atoms with E-state index in [0.717, 1.165) is 5.56 Å². The van der Waals surface area contributed by atoms with Crippen molar-refractivity contribution in [1.29, 1.82) is 0 Å². The smallest absolute Gasteiger partial charge is 0.337 e. The highest BCUT2D eigenvalue weighted by Gasteiger charge is 2.06. The molecule has 5 heteroatoms. The zero-order valence-electron chi connectivity index (χ0n) is 9.97. The number of carbonyl (C=O) groups excluding carboxylic acids is 2. The lowest BCUT2D eigenvalue weighted by atomic mass is 10.1. The van der Waals surface area contributed by atoms with Gasteiger partial charge in [-0.2, -0.15) is 0 Å². The standard InChI is InChI=1S/C12H16N2O3/c1-14(8-11(13)15)7-9-3-5-10(6-4-9)12(16)17-2/h3-6H,7-8H2,1-2H3,(H2,13,15). The zero-order valence-corrected chi connectivity index (χ0v) is 9.97. The minimum absolute atomic E-state index is 0.207. The Morgan fingerprint density at radius 2 is 1.88 bits per heavy atom. The summed E-state index contributed by atoms with van der Waals surface area (Å²) >= 11 is 0.